The Hall–Kier alpha value is -4.04. The number of hydrogen-bond donors (Lipinski definition) is 3. The van der Waals surface area contributed by atoms with Gasteiger partial charge in [0, 0.05) is 6.54 Å². The number of hydrogen-bond acceptors (Lipinski definition) is 10. The second-order valence-corrected chi connectivity index (χ2v) is 9.90. The van der Waals surface area contributed by atoms with Crippen LogP contribution in [0.5, 0.6) is 5.75 Å². The molecule has 11 nitrogen and oxygen atoms in total. The van der Waals surface area contributed by atoms with E-state index >= 15 is 0 Å². The van der Waals surface area contributed by atoms with E-state index in [4.69, 9.17) is 16.2 Å². The van der Waals surface area contributed by atoms with Crippen LogP contribution >= 0.6 is 0 Å². The molecule has 0 amide bonds. The fourth-order valence-electron chi connectivity index (χ4n) is 5.88. The highest BCUT2D eigenvalue weighted by Crippen LogP contribution is 2.51. The van der Waals surface area contributed by atoms with E-state index in [0.717, 1.165) is 0 Å². The van der Waals surface area contributed by atoms with Crippen molar-refractivity contribution in [1.29, 1.82) is 0 Å². The van der Waals surface area contributed by atoms with Gasteiger partial charge >= 0.3 is 0 Å². The first-order valence-electron chi connectivity index (χ1n) is 12.3. The normalized spacial score (nSPS) is 23.2. The van der Waals surface area contributed by atoms with Crippen molar-refractivity contribution in [2.45, 2.75) is 43.5 Å². The molecule has 204 valence electrons. The van der Waals surface area contributed by atoms with Crippen LogP contribution in [0.25, 0.3) is 22.6 Å². The van der Waals surface area contributed by atoms with Gasteiger partial charge in [-0.05, 0) is 42.5 Å². The number of anilines is 2. The third-order valence-electron chi connectivity index (χ3n) is 7.98. The minimum atomic E-state index is -2.96. The van der Waals surface area contributed by atoms with E-state index < -0.39 is 30.1 Å². The lowest BCUT2D eigenvalue weighted by molar-refractivity contribution is -0.120. The zero-order valence-electron chi connectivity index (χ0n) is 20.9. The number of rotatable bonds is 7. The number of alkyl halides is 2. The van der Waals surface area contributed by atoms with Gasteiger partial charge in [0.25, 0.3) is 12.4 Å². The highest BCUT2D eigenvalue weighted by atomic mass is 19.3. The first kappa shape index (κ1) is 25.2. The molecule has 3 fully saturated rings. The van der Waals surface area contributed by atoms with Crippen LogP contribution in [0, 0.1) is 11.9 Å². The predicted molar refractivity (Wildman–Crippen MR) is 136 cm³/mol. The van der Waals surface area contributed by atoms with Gasteiger partial charge in [0.1, 0.15) is 17.9 Å². The average Bonchev–Trinajstić information content (AvgIpc) is 3.35. The van der Waals surface area contributed by atoms with Crippen molar-refractivity contribution < 1.29 is 23.0 Å². The standard InChI is InChI=1S/C25H26F3N9O2/c1-39-17-3-2-14(35-22(17)28)15-6-12(9-36-11-34-19-23(29)32-10-33-24(19)36)16(8-31-15)37-5-4-13-7-18(37)25(13,30)20(38)21(26)27/h2-3,6,8,10-11,13,18,20-21,38H,4-5,7,9,30H2,1H3,(H2,29,32,33)/t13?,18?,20-,25-/m1/s1. The minimum Gasteiger partial charge on any atom is -0.492 e. The molecule has 1 aliphatic carbocycles. The van der Waals surface area contributed by atoms with Crippen molar-refractivity contribution in [1.82, 2.24) is 29.5 Å². The molecule has 2 aliphatic heterocycles. The number of imidazole rings is 1. The molecular formula is C25H26F3N9O2. The van der Waals surface area contributed by atoms with E-state index in [9.17, 15) is 18.3 Å². The molecule has 4 aromatic rings. The van der Waals surface area contributed by atoms with Crippen molar-refractivity contribution in [3.8, 4) is 17.1 Å². The number of nitrogens with two attached hydrogens (primary N) is 2. The Morgan fingerprint density at radius 2 is 2.03 bits per heavy atom. The number of halogens is 3. The SMILES string of the molecule is COc1ccc(-c2cc(Cn3cnc4c(N)ncnc43)c(N3CCC4CC3[C@@]4(N)[C@H](O)C(F)F)cn2)nc1F. The summed E-state index contributed by atoms with van der Waals surface area (Å²) >= 11 is 0. The van der Waals surface area contributed by atoms with Crippen LogP contribution in [0.4, 0.5) is 24.7 Å². The summed E-state index contributed by atoms with van der Waals surface area (Å²) < 4.78 is 48.3. The van der Waals surface area contributed by atoms with Gasteiger partial charge in [-0.25, -0.2) is 28.7 Å². The molecule has 5 N–H and O–H groups in total. The van der Waals surface area contributed by atoms with Crippen LogP contribution in [0.2, 0.25) is 0 Å². The first-order valence-corrected chi connectivity index (χ1v) is 12.3. The largest absolute Gasteiger partial charge is 0.492 e. The molecule has 4 aromatic heterocycles. The van der Waals surface area contributed by atoms with E-state index in [1.807, 2.05) is 4.90 Å². The zero-order chi connectivity index (χ0) is 27.5. The maximum atomic E-state index is 14.4. The van der Waals surface area contributed by atoms with Gasteiger partial charge in [-0.15, -0.1) is 0 Å². The highest BCUT2D eigenvalue weighted by Gasteiger charge is 2.63. The number of aliphatic hydroxyl groups excluding tert-OH is 1. The van der Waals surface area contributed by atoms with E-state index in [-0.39, 0.29) is 29.7 Å². The van der Waals surface area contributed by atoms with Crippen LogP contribution in [-0.2, 0) is 6.54 Å². The summed E-state index contributed by atoms with van der Waals surface area (Å²) in [4.78, 5) is 23.1. The fraction of sp³-hybridized carbons (Fsp3) is 0.400. The molecule has 1 saturated carbocycles. The Morgan fingerprint density at radius 1 is 1.21 bits per heavy atom. The van der Waals surface area contributed by atoms with Crippen molar-refractivity contribution in [3.63, 3.8) is 0 Å². The van der Waals surface area contributed by atoms with Crippen molar-refractivity contribution >= 4 is 22.7 Å². The third-order valence-corrected chi connectivity index (χ3v) is 7.98. The molecule has 14 heteroatoms. The third kappa shape index (κ3) is 3.93. The number of nitrogens with zero attached hydrogens (tertiary/aromatic N) is 7. The van der Waals surface area contributed by atoms with Gasteiger partial charge in [0.2, 0.25) is 0 Å². The molecule has 3 aliphatic rings. The number of piperidine rings is 2. The number of aromatic nitrogens is 6. The summed E-state index contributed by atoms with van der Waals surface area (Å²) in [6, 6.07) is 4.30. The first-order chi connectivity index (χ1) is 18.7. The molecule has 2 bridgehead atoms. The Kier molecular flexibility index (Phi) is 6.03. The van der Waals surface area contributed by atoms with E-state index in [2.05, 4.69) is 24.9 Å². The summed E-state index contributed by atoms with van der Waals surface area (Å²) in [5, 5.41) is 10.3. The van der Waals surface area contributed by atoms with Crippen molar-refractivity contribution in [2.75, 3.05) is 24.3 Å². The quantitative estimate of drug-likeness (QED) is 0.296. The van der Waals surface area contributed by atoms with Gasteiger partial charge in [0.15, 0.2) is 17.2 Å². The maximum absolute atomic E-state index is 14.4. The Balaban J connectivity index is 1.44. The van der Waals surface area contributed by atoms with Crippen LogP contribution in [0.1, 0.15) is 18.4 Å². The number of nitrogen functional groups attached to an aromatic ring is 1. The van der Waals surface area contributed by atoms with Gasteiger partial charge in [-0.3, -0.25) is 4.98 Å². The van der Waals surface area contributed by atoms with E-state index in [1.165, 1.54) is 19.5 Å². The topological polar surface area (TPSA) is 154 Å². The Labute approximate surface area is 220 Å². The lowest BCUT2D eigenvalue weighted by Gasteiger charge is -2.64. The molecule has 0 aromatic carbocycles. The molecule has 0 spiro atoms. The minimum absolute atomic E-state index is 0.00230. The Bertz CT molecular complexity index is 1550. The van der Waals surface area contributed by atoms with Gasteiger partial charge < -0.3 is 30.8 Å². The lowest BCUT2D eigenvalue weighted by Crippen LogP contribution is -2.80. The zero-order valence-corrected chi connectivity index (χ0v) is 20.9. The van der Waals surface area contributed by atoms with Gasteiger partial charge in [-0.2, -0.15) is 4.39 Å². The van der Waals surface area contributed by atoms with Crippen LogP contribution in [0.3, 0.4) is 0 Å². The molecule has 2 saturated heterocycles. The Morgan fingerprint density at radius 3 is 2.74 bits per heavy atom. The van der Waals surface area contributed by atoms with Crippen LogP contribution < -0.4 is 21.1 Å². The van der Waals surface area contributed by atoms with Crippen molar-refractivity contribution in [3.05, 3.63) is 48.6 Å². The average molecular weight is 542 g/mol. The summed E-state index contributed by atoms with van der Waals surface area (Å²) in [5.41, 5.74) is 14.0. The molecule has 6 heterocycles. The van der Waals surface area contributed by atoms with E-state index in [1.54, 1.807) is 29.2 Å². The molecule has 7 rings (SSSR count). The van der Waals surface area contributed by atoms with Gasteiger partial charge in [-0.1, -0.05) is 0 Å². The molecule has 2 unspecified atom stereocenters. The monoisotopic (exact) mass is 541 g/mol. The summed E-state index contributed by atoms with van der Waals surface area (Å²) in [6.07, 6.45) is 0.721. The number of pyridine rings is 2. The summed E-state index contributed by atoms with van der Waals surface area (Å²) in [6.45, 7) is 0.797. The number of ether oxygens (including phenoxy) is 1. The predicted octanol–water partition coefficient (Wildman–Crippen LogP) is 1.98. The summed E-state index contributed by atoms with van der Waals surface area (Å²) in [7, 11) is 1.35. The lowest BCUT2D eigenvalue weighted by atomic mass is 9.56. The second-order valence-electron chi connectivity index (χ2n) is 9.90. The highest BCUT2D eigenvalue weighted by molar-refractivity contribution is 5.81. The van der Waals surface area contributed by atoms with E-state index in [0.29, 0.717) is 47.5 Å². The fourth-order valence-corrected chi connectivity index (χ4v) is 5.88. The summed E-state index contributed by atoms with van der Waals surface area (Å²) in [5.74, 6) is -0.747. The van der Waals surface area contributed by atoms with Crippen LogP contribution in [-0.4, -0.2) is 72.4 Å². The second kappa shape index (κ2) is 9.31. The molecule has 4 atom stereocenters. The number of methoxy groups -OCH3 is 1. The number of aliphatic hydroxyl groups is 1. The molecule has 39 heavy (non-hydrogen) atoms. The maximum Gasteiger partial charge on any atom is 0.265 e. The molecular weight excluding hydrogens is 515 g/mol. The van der Waals surface area contributed by atoms with Gasteiger partial charge in [0.05, 0.1) is 54.8 Å². The smallest absolute Gasteiger partial charge is 0.265 e. The molecule has 0 radical (unpaired) electrons. The van der Waals surface area contributed by atoms with Crippen LogP contribution in [0.15, 0.2) is 37.1 Å². The van der Waals surface area contributed by atoms with Crippen molar-refractivity contribution in [2.24, 2.45) is 11.7 Å². The number of fused-ring (bicyclic) bond motifs is 3.